The summed E-state index contributed by atoms with van der Waals surface area (Å²) in [5.74, 6) is 0.983. The highest BCUT2D eigenvalue weighted by Crippen LogP contribution is 2.33. The molecule has 3 nitrogen and oxygen atoms in total. The fourth-order valence-electron chi connectivity index (χ4n) is 2.14. The van der Waals surface area contributed by atoms with Crippen LogP contribution in [-0.4, -0.2) is 51.3 Å². The van der Waals surface area contributed by atoms with Gasteiger partial charge in [0.1, 0.15) is 0 Å². The first-order chi connectivity index (χ1) is 7.77. The normalized spacial score (nSPS) is 18.0. The van der Waals surface area contributed by atoms with E-state index in [2.05, 4.69) is 24.2 Å². The Hall–Kier alpha value is -0.120. The number of likely N-dealkylation sites (N-methyl/N-ethyl adjacent to an activating group) is 1. The number of ether oxygens (including phenoxy) is 1. The van der Waals surface area contributed by atoms with Crippen molar-refractivity contribution in [3.8, 4) is 0 Å². The number of hydrogen-bond acceptors (Lipinski definition) is 3. The van der Waals surface area contributed by atoms with Crippen LogP contribution in [0.5, 0.6) is 0 Å². The average Bonchev–Trinajstić information content (AvgIpc) is 3.10. The Balaban J connectivity index is 1.93. The minimum absolute atomic E-state index is 0.782. The molecule has 0 aliphatic heterocycles. The van der Waals surface area contributed by atoms with E-state index in [1.54, 1.807) is 7.11 Å². The molecule has 0 aromatic rings. The Labute approximate surface area is 101 Å². The maximum absolute atomic E-state index is 5.06. The quantitative estimate of drug-likeness (QED) is 0.576. The number of nitrogens with one attached hydrogen (secondary N) is 1. The van der Waals surface area contributed by atoms with Gasteiger partial charge in [0.05, 0.1) is 6.61 Å². The van der Waals surface area contributed by atoms with E-state index >= 15 is 0 Å². The second-order valence-corrected chi connectivity index (χ2v) is 4.96. The molecule has 3 heteroatoms. The summed E-state index contributed by atoms with van der Waals surface area (Å²) < 4.78 is 5.06. The van der Waals surface area contributed by atoms with Gasteiger partial charge in [0.25, 0.3) is 0 Å². The number of methoxy groups -OCH3 is 1. The smallest absolute Gasteiger partial charge is 0.0589 e. The topological polar surface area (TPSA) is 24.5 Å². The first-order valence-corrected chi connectivity index (χ1v) is 6.68. The first-order valence-electron chi connectivity index (χ1n) is 6.68. The molecule has 1 aliphatic carbocycles. The van der Waals surface area contributed by atoms with Crippen LogP contribution in [0, 0.1) is 5.92 Å². The van der Waals surface area contributed by atoms with Crippen molar-refractivity contribution in [1.82, 2.24) is 10.2 Å². The highest BCUT2D eigenvalue weighted by atomic mass is 16.5. The summed E-state index contributed by atoms with van der Waals surface area (Å²) in [6.45, 7) is 6.49. The molecule has 16 heavy (non-hydrogen) atoms. The van der Waals surface area contributed by atoms with Crippen LogP contribution in [0.2, 0.25) is 0 Å². The molecule has 1 saturated carbocycles. The molecular formula is C13H28N2O. The molecule has 1 aliphatic rings. The van der Waals surface area contributed by atoms with Crippen LogP contribution < -0.4 is 5.32 Å². The lowest BCUT2D eigenvalue weighted by atomic mass is 10.1. The van der Waals surface area contributed by atoms with Crippen LogP contribution in [0.3, 0.4) is 0 Å². The second kappa shape index (κ2) is 8.04. The van der Waals surface area contributed by atoms with E-state index in [4.69, 9.17) is 4.74 Å². The van der Waals surface area contributed by atoms with Crippen LogP contribution in [0.15, 0.2) is 0 Å². The Morgan fingerprint density at radius 1 is 1.38 bits per heavy atom. The summed E-state index contributed by atoms with van der Waals surface area (Å²) in [6.07, 6.45) is 5.41. The summed E-state index contributed by atoms with van der Waals surface area (Å²) in [4.78, 5) is 2.34. The third-order valence-electron chi connectivity index (χ3n) is 3.43. The van der Waals surface area contributed by atoms with E-state index in [-0.39, 0.29) is 0 Å². The zero-order valence-electron chi connectivity index (χ0n) is 11.2. The maximum atomic E-state index is 5.06. The van der Waals surface area contributed by atoms with Crippen molar-refractivity contribution in [3.63, 3.8) is 0 Å². The van der Waals surface area contributed by atoms with E-state index in [1.807, 2.05) is 0 Å². The Morgan fingerprint density at radius 2 is 2.12 bits per heavy atom. The second-order valence-electron chi connectivity index (χ2n) is 4.96. The van der Waals surface area contributed by atoms with Gasteiger partial charge < -0.3 is 15.0 Å². The van der Waals surface area contributed by atoms with Gasteiger partial charge >= 0.3 is 0 Å². The minimum Gasteiger partial charge on any atom is -0.383 e. The SMILES string of the molecule is CCC(NCCCN(C)CCOC)C1CC1. The Kier molecular flexibility index (Phi) is 7.01. The lowest BCUT2D eigenvalue weighted by molar-refractivity contribution is 0.160. The highest BCUT2D eigenvalue weighted by molar-refractivity contribution is 4.85. The van der Waals surface area contributed by atoms with Crippen molar-refractivity contribution in [2.45, 2.75) is 38.6 Å². The summed E-state index contributed by atoms with van der Waals surface area (Å²) in [6, 6.07) is 0.782. The monoisotopic (exact) mass is 228 g/mol. The van der Waals surface area contributed by atoms with Crippen molar-refractivity contribution in [1.29, 1.82) is 0 Å². The van der Waals surface area contributed by atoms with E-state index in [0.29, 0.717) is 0 Å². The van der Waals surface area contributed by atoms with Gasteiger partial charge in [-0.05, 0) is 51.7 Å². The third kappa shape index (κ3) is 5.83. The van der Waals surface area contributed by atoms with Crippen molar-refractivity contribution < 1.29 is 4.74 Å². The van der Waals surface area contributed by atoms with E-state index in [1.165, 1.54) is 25.7 Å². The highest BCUT2D eigenvalue weighted by Gasteiger charge is 2.29. The van der Waals surface area contributed by atoms with Crippen molar-refractivity contribution >= 4 is 0 Å². The number of nitrogens with zero attached hydrogens (tertiary/aromatic N) is 1. The molecule has 0 aromatic heterocycles. The molecule has 96 valence electrons. The molecule has 1 N–H and O–H groups in total. The summed E-state index contributed by atoms with van der Waals surface area (Å²) >= 11 is 0. The van der Waals surface area contributed by atoms with Crippen LogP contribution in [0.4, 0.5) is 0 Å². The standard InChI is InChI=1S/C13H28N2O/c1-4-13(12-6-7-12)14-8-5-9-15(2)10-11-16-3/h12-14H,4-11H2,1-3H3. The van der Waals surface area contributed by atoms with Gasteiger partial charge in [-0.2, -0.15) is 0 Å². The van der Waals surface area contributed by atoms with Crippen molar-refractivity contribution in [2.75, 3.05) is 40.4 Å². The summed E-state index contributed by atoms with van der Waals surface area (Å²) in [7, 11) is 3.92. The molecule has 0 radical (unpaired) electrons. The van der Waals surface area contributed by atoms with Gasteiger partial charge in [0, 0.05) is 19.7 Å². The van der Waals surface area contributed by atoms with Gasteiger partial charge in [-0.3, -0.25) is 0 Å². The fourth-order valence-corrected chi connectivity index (χ4v) is 2.14. The maximum Gasteiger partial charge on any atom is 0.0589 e. The van der Waals surface area contributed by atoms with Gasteiger partial charge in [-0.25, -0.2) is 0 Å². The largest absolute Gasteiger partial charge is 0.383 e. The van der Waals surface area contributed by atoms with Crippen LogP contribution >= 0.6 is 0 Å². The molecule has 0 bridgehead atoms. The van der Waals surface area contributed by atoms with Crippen LogP contribution in [-0.2, 0) is 4.74 Å². The molecule has 1 unspecified atom stereocenters. The van der Waals surface area contributed by atoms with Crippen LogP contribution in [0.25, 0.3) is 0 Å². The molecule has 1 rings (SSSR count). The molecule has 0 amide bonds. The molecule has 1 fully saturated rings. The summed E-state index contributed by atoms with van der Waals surface area (Å²) in [5, 5.41) is 3.68. The Morgan fingerprint density at radius 3 is 2.69 bits per heavy atom. The minimum atomic E-state index is 0.782. The van der Waals surface area contributed by atoms with Crippen molar-refractivity contribution in [3.05, 3.63) is 0 Å². The van der Waals surface area contributed by atoms with Crippen LogP contribution in [0.1, 0.15) is 32.6 Å². The number of hydrogen-bond donors (Lipinski definition) is 1. The molecule has 0 aromatic carbocycles. The van der Waals surface area contributed by atoms with Gasteiger partial charge in [-0.15, -0.1) is 0 Å². The summed E-state index contributed by atoms with van der Waals surface area (Å²) in [5.41, 5.74) is 0. The van der Waals surface area contributed by atoms with Gasteiger partial charge in [-0.1, -0.05) is 6.92 Å². The molecule has 0 spiro atoms. The van der Waals surface area contributed by atoms with E-state index < -0.39 is 0 Å². The molecular weight excluding hydrogens is 200 g/mol. The predicted molar refractivity (Wildman–Crippen MR) is 68.8 cm³/mol. The van der Waals surface area contributed by atoms with Gasteiger partial charge in [0.2, 0.25) is 0 Å². The van der Waals surface area contributed by atoms with E-state index in [0.717, 1.165) is 38.2 Å². The zero-order valence-corrected chi connectivity index (χ0v) is 11.2. The molecule has 0 saturated heterocycles. The Bertz CT molecular complexity index is 171. The zero-order chi connectivity index (χ0) is 11.8. The predicted octanol–water partition coefficient (Wildman–Crippen LogP) is 1.73. The lowest BCUT2D eigenvalue weighted by Crippen LogP contribution is -2.33. The van der Waals surface area contributed by atoms with Gasteiger partial charge in [0.15, 0.2) is 0 Å². The first kappa shape index (κ1) is 13.9. The average molecular weight is 228 g/mol. The van der Waals surface area contributed by atoms with Crippen molar-refractivity contribution in [2.24, 2.45) is 5.92 Å². The lowest BCUT2D eigenvalue weighted by Gasteiger charge is -2.19. The number of rotatable bonds is 10. The molecule has 1 atom stereocenters. The molecule has 0 heterocycles. The van der Waals surface area contributed by atoms with E-state index in [9.17, 15) is 0 Å². The fraction of sp³-hybridized carbons (Fsp3) is 1.00. The third-order valence-corrected chi connectivity index (χ3v) is 3.43.